The number of hydrogen-bond donors (Lipinski definition) is 2. The molecule has 1 aliphatic heterocycles. The molecule has 2 N–H and O–H groups in total. The van der Waals surface area contributed by atoms with Crippen molar-refractivity contribution in [2.45, 2.75) is 26.3 Å². The van der Waals surface area contributed by atoms with Gasteiger partial charge in [-0.05, 0) is 45.6 Å². The van der Waals surface area contributed by atoms with E-state index in [1.54, 1.807) is 6.20 Å². The minimum Gasteiger partial charge on any atom is -0.354 e. The highest BCUT2D eigenvalue weighted by Gasteiger charge is 2.36. The van der Waals surface area contributed by atoms with E-state index in [1.807, 2.05) is 56.3 Å². The molecular weight excluding hydrogens is 492 g/mol. The van der Waals surface area contributed by atoms with Gasteiger partial charge in [0.15, 0.2) is 0 Å². The maximum absolute atomic E-state index is 13.1. The molecule has 1 aliphatic rings. The number of piperazine rings is 1. The van der Waals surface area contributed by atoms with Crippen LogP contribution in [0.25, 0.3) is 0 Å². The van der Waals surface area contributed by atoms with Crippen LogP contribution in [0.3, 0.4) is 0 Å². The summed E-state index contributed by atoms with van der Waals surface area (Å²) < 4.78 is 28.6. The van der Waals surface area contributed by atoms with Gasteiger partial charge < -0.3 is 10.1 Å². The highest BCUT2D eigenvalue weighted by molar-refractivity contribution is 9.10. The van der Waals surface area contributed by atoms with Crippen molar-refractivity contribution in [3.63, 3.8) is 0 Å². The minimum absolute atomic E-state index is 0.194. The quantitative estimate of drug-likeness (QED) is 0.430. The molecular formula is C23H29BrN4O3S. The zero-order valence-corrected chi connectivity index (χ0v) is 20.7. The molecule has 1 atom stereocenters. The highest BCUT2D eigenvalue weighted by Crippen LogP contribution is 2.27. The molecule has 9 heteroatoms. The number of rotatable bonds is 7. The lowest BCUT2D eigenvalue weighted by Gasteiger charge is -2.37. The summed E-state index contributed by atoms with van der Waals surface area (Å²) >= 11 is 3.37. The van der Waals surface area contributed by atoms with Crippen LogP contribution in [-0.4, -0.2) is 60.9 Å². The smallest absolute Gasteiger partial charge is 0.215 e. The van der Waals surface area contributed by atoms with Crippen molar-refractivity contribution in [2.24, 2.45) is 5.41 Å². The van der Waals surface area contributed by atoms with Crippen LogP contribution >= 0.6 is 15.9 Å². The van der Waals surface area contributed by atoms with E-state index in [0.29, 0.717) is 32.6 Å². The van der Waals surface area contributed by atoms with Gasteiger partial charge in [-0.3, -0.25) is 0 Å². The van der Waals surface area contributed by atoms with Crippen LogP contribution in [0.1, 0.15) is 25.8 Å². The maximum atomic E-state index is 13.1. The summed E-state index contributed by atoms with van der Waals surface area (Å²) in [6.07, 6.45) is 2.18. The number of halogens is 1. The van der Waals surface area contributed by atoms with Crippen molar-refractivity contribution >= 4 is 31.8 Å². The second-order valence-corrected chi connectivity index (χ2v) is 11.4. The molecule has 32 heavy (non-hydrogen) atoms. The third-order valence-electron chi connectivity index (χ3n) is 5.69. The van der Waals surface area contributed by atoms with Crippen LogP contribution in [0.15, 0.2) is 53.1 Å². The van der Waals surface area contributed by atoms with Gasteiger partial charge in [0.2, 0.25) is 10.0 Å². The Morgan fingerprint density at radius 2 is 1.84 bits per heavy atom. The van der Waals surface area contributed by atoms with Crippen LogP contribution in [0.4, 0.5) is 5.82 Å². The van der Waals surface area contributed by atoms with Gasteiger partial charge in [-0.1, -0.05) is 43.9 Å². The third kappa shape index (κ3) is 6.53. The average molecular weight is 521 g/mol. The summed E-state index contributed by atoms with van der Waals surface area (Å²) in [4.78, 5) is 6.46. The number of aromatic nitrogens is 1. The summed E-state index contributed by atoms with van der Waals surface area (Å²) in [5, 5.41) is 9.75. The van der Waals surface area contributed by atoms with Gasteiger partial charge in [0.05, 0.1) is 11.8 Å². The van der Waals surface area contributed by atoms with Gasteiger partial charge in [0.1, 0.15) is 5.82 Å². The molecule has 7 nitrogen and oxygen atoms in total. The lowest BCUT2D eigenvalue weighted by atomic mass is 9.82. The Labute approximate surface area is 199 Å². The van der Waals surface area contributed by atoms with E-state index in [1.165, 1.54) is 4.31 Å². The Kier molecular flexibility index (Phi) is 8.31. The molecule has 2 aromatic rings. The van der Waals surface area contributed by atoms with Crippen molar-refractivity contribution in [1.29, 1.82) is 0 Å². The van der Waals surface area contributed by atoms with Crippen molar-refractivity contribution in [3.8, 4) is 11.8 Å². The number of nitrogens with zero attached hydrogens (tertiary/aromatic N) is 3. The van der Waals surface area contributed by atoms with Gasteiger partial charge in [-0.25, -0.2) is 18.9 Å². The summed E-state index contributed by atoms with van der Waals surface area (Å²) in [5.41, 5.74) is 2.58. The average Bonchev–Trinajstić information content (AvgIpc) is 2.78. The van der Waals surface area contributed by atoms with E-state index in [9.17, 15) is 13.6 Å². The molecule has 1 unspecified atom stereocenters. The van der Waals surface area contributed by atoms with Crippen molar-refractivity contribution in [1.82, 2.24) is 14.8 Å². The van der Waals surface area contributed by atoms with E-state index in [0.717, 1.165) is 15.9 Å². The van der Waals surface area contributed by atoms with Crippen molar-refractivity contribution in [3.05, 3.63) is 58.7 Å². The molecule has 1 aromatic heterocycles. The third-order valence-corrected chi connectivity index (χ3v) is 8.07. The topological polar surface area (TPSA) is 85.8 Å². The normalized spacial score (nSPS) is 16.3. The zero-order valence-electron chi connectivity index (χ0n) is 18.3. The standard InChI is InChI=1S/C23H29BrN4O3S/c1-23(2,12-6-9-19-7-4-3-5-8-19)21(26-29)18-32(30,31)28-15-13-27(14-16-28)22-11-10-20(24)17-25-22/h3-5,7-8,10-11,17,21,26,29H,12-16,18H2,1-2H3. The molecule has 1 fully saturated rings. The molecule has 2 heterocycles. The van der Waals surface area contributed by atoms with Gasteiger partial charge in [0.25, 0.3) is 0 Å². The van der Waals surface area contributed by atoms with Crippen LogP contribution in [0.5, 0.6) is 0 Å². The molecule has 0 saturated carbocycles. The first-order valence-electron chi connectivity index (χ1n) is 10.5. The SMILES string of the molecule is CC(C)(CC#Cc1ccccc1)C(CS(=O)(=O)N1CCN(c2ccc(Br)cn2)CC1)NO. The van der Waals surface area contributed by atoms with Crippen molar-refractivity contribution < 1.29 is 13.6 Å². The lowest BCUT2D eigenvalue weighted by molar-refractivity contribution is 0.0765. The highest BCUT2D eigenvalue weighted by atomic mass is 79.9. The van der Waals surface area contributed by atoms with Gasteiger partial charge in [0, 0.05) is 48.8 Å². The van der Waals surface area contributed by atoms with E-state index in [2.05, 4.69) is 43.1 Å². The molecule has 0 bridgehead atoms. The summed E-state index contributed by atoms with van der Waals surface area (Å²) in [5.74, 6) is 6.86. The Bertz CT molecular complexity index is 1040. The lowest BCUT2D eigenvalue weighted by Crippen LogP contribution is -2.53. The number of pyridine rings is 1. The predicted molar refractivity (Wildman–Crippen MR) is 130 cm³/mol. The van der Waals surface area contributed by atoms with E-state index in [-0.39, 0.29) is 5.75 Å². The molecule has 172 valence electrons. The molecule has 0 spiro atoms. The van der Waals surface area contributed by atoms with Gasteiger partial charge in [-0.15, -0.1) is 0 Å². The summed E-state index contributed by atoms with van der Waals surface area (Å²) in [6.45, 7) is 5.72. The zero-order chi connectivity index (χ0) is 23.2. The van der Waals surface area contributed by atoms with Gasteiger partial charge in [-0.2, -0.15) is 4.31 Å². The molecule has 0 radical (unpaired) electrons. The van der Waals surface area contributed by atoms with Crippen LogP contribution in [-0.2, 0) is 10.0 Å². The summed E-state index contributed by atoms with van der Waals surface area (Å²) in [7, 11) is -3.56. The molecule has 0 aliphatic carbocycles. The predicted octanol–water partition coefficient (Wildman–Crippen LogP) is 3.11. The molecule has 0 amide bonds. The molecule has 3 rings (SSSR count). The Balaban J connectivity index is 1.60. The van der Waals surface area contributed by atoms with Crippen LogP contribution in [0, 0.1) is 17.3 Å². The van der Waals surface area contributed by atoms with Gasteiger partial charge >= 0.3 is 0 Å². The number of anilines is 1. The fraction of sp³-hybridized carbons (Fsp3) is 0.435. The summed E-state index contributed by atoms with van der Waals surface area (Å²) in [6, 6.07) is 12.8. The van der Waals surface area contributed by atoms with E-state index >= 15 is 0 Å². The Hall–Kier alpha value is -1.96. The van der Waals surface area contributed by atoms with E-state index < -0.39 is 21.5 Å². The maximum Gasteiger partial charge on any atom is 0.215 e. The van der Waals surface area contributed by atoms with Crippen molar-refractivity contribution in [2.75, 3.05) is 36.8 Å². The first kappa shape index (κ1) is 24.7. The monoisotopic (exact) mass is 520 g/mol. The number of sulfonamides is 1. The Morgan fingerprint density at radius 3 is 2.44 bits per heavy atom. The number of hydroxylamine groups is 1. The number of hydrogen-bond acceptors (Lipinski definition) is 6. The fourth-order valence-electron chi connectivity index (χ4n) is 3.52. The minimum atomic E-state index is -3.56. The molecule has 1 aromatic carbocycles. The van der Waals surface area contributed by atoms with Crippen LogP contribution in [0.2, 0.25) is 0 Å². The molecule has 1 saturated heterocycles. The number of benzene rings is 1. The first-order chi connectivity index (χ1) is 15.2. The Morgan fingerprint density at radius 1 is 1.16 bits per heavy atom. The largest absolute Gasteiger partial charge is 0.354 e. The number of nitrogens with one attached hydrogen (secondary N) is 1. The second kappa shape index (κ2) is 10.8. The van der Waals surface area contributed by atoms with E-state index in [4.69, 9.17) is 0 Å². The van der Waals surface area contributed by atoms with Crippen LogP contribution < -0.4 is 10.4 Å². The first-order valence-corrected chi connectivity index (χ1v) is 12.9. The fourth-order valence-corrected chi connectivity index (χ4v) is 5.63. The second-order valence-electron chi connectivity index (χ2n) is 8.51.